The molecule has 2 N–H and O–H groups in total. The first kappa shape index (κ1) is 14.5. The average Bonchev–Trinajstić information content (AvgIpc) is 2.96. The second-order valence-electron chi connectivity index (χ2n) is 5.79. The van der Waals surface area contributed by atoms with E-state index in [1.807, 2.05) is 18.0 Å². The smallest absolute Gasteiger partial charge is 0.274 e. The molecule has 7 heteroatoms. The van der Waals surface area contributed by atoms with Gasteiger partial charge in [-0.2, -0.15) is 10.2 Å². The Morgan fingerprint density at radius 3 is 2.91 bits per heavy atom. The van der Waals surface area contributed by atoms with Crippen molar-refractivity contribution in [1.29, 1.82) is 0 Å². The number of aromatic nitrogens is 4. The molecule has 0 spiro atoms. The van der Waals surface area contributed by atoms with Gasteiger partial charge in [-0.15, -0.1) is 5.10 Å². The zero-order chi connectivity index (χ0) is 15.5. The van der Waals surface area contributed by atoms with Gasteiger partial charge in [0, 0.05) is 26.3 Å². The molecule has 0 aromatic carbocycles. The summed E-state index contributed by atoms with van der Waals surface area (Å²) >= 11 is 0. The lowest BCUT2D eigenvalue weighted by Crippen LogP contribution is -2.40. The quantitative estimate of drug-likeness (QED) is 0.909. The Kier molecular flexibility index (Phi) is 4.04. The number of anilines is 1. The van der Waals surface area contributed by atoms with E-state index in [2.05, 4.69) is 15.3 Å². The molecule has 1 saturated heterocycles. The summed E-state index contributed by atoms with van der Waals surface area (Å²) in [7, 11) is 1.82. The van der Waals surface area contributed by atoms with E-state index in [0.29, 0.717) is 17.4 Å². The molecule has 3 heterocycles. The Balaban J connectivity index is 1.63. The van der Waals surface area contributed by atoms with Crippen LogP contribution in [0.5, 0.6) is 0 Å². The summed E-state index contributed by atoms with van der Waals surface area (Å²) in [5.74, 6) is 0.840. The molecule has 2 aromatic rings. The van der Waals surface area contributed by atoms with Gasteiger partial charge in [-0.25, -0.2) is 0 Å². The van der Waals surface area contributed by atoms with Crippen molar-refractivity contribution in [3.8, 4) is 0 Å². The summed E-state index contributed by atoms with van der Waals surface area (Å²) in [4.78, 5) is 14.4. The molecule has 22 heavy (non-hydrogen) atoms. The van der Waals surface area contributed by atoms with Gasteiger partial charge < -0.3 is 10.6 Å². The number of nitrogens with two attached hydrogens (primary N) is 1. The molecule has 116 valence electrons. The molecule has 0 saturated carbocycles. The maximum Gasteiger partial charge on any atom is 0.274 e. The number of hydrogen-bond donors (Lipinski definition) is 1. The van der Waals surface area contributed by atoms with Crippen molar-refractivity contribution in [3.05, 3.63) is 35.8 Å². The first-order valence-corrected chi connectivity index (χ1v) is 7.49. The van der Waals surface area contributed by atoms with Crippen LogP contribution in [0.4, 0.5) is 5.82 Å². The monoisotopic (exact) mass is 300 g/mol. The average molecular weight is 300 g/mol. The van der Waals surface area contributed by atoms with Crippen molar-refractivity contribution in [2.24, 2.45) is 13.0 Å². The first-order chi connectivity index (χ1) is 10.6. The van der Waals surface area contributed by atoms with Crippen LogP contribution in [0.1, 0.15) is 29.0 Å². The summed E-state index contributed by atoms with van der Waals surface area (Å²) in [6.45, 7) is 1.53. The number of carbonyl (C=O) groups is 1. The minimum Gasteiger partial charge on any atom is -0.382 e. The van der Waals surface area contributed by atoms with Gasteiger partial charge in [0.2, 0.25) is 0 Å². The van der Waals surface area contributed by atoms with E-state index in [1.165, 1.54) is 0 Å². The number of likely N-dealkylation sites (tertiary alicyclic amines) is 1. The molecule has 0 aliphatic carbocycles. The van der Waals surface area contributed by atoms with Crippen LogP contribution in [0.25, 0.3) is 0 Å². The zero-order valence-electron chi connectivity index (χ0n) is 12.6. The van der Waals surface area contributed by atoms with Crippen molar-refractivity contribution in [3.63, 3.8) is 0 Å². The van der Waals surface area contributed by atoms with Gasteiger partial charge in [0.05, 0.1) is 5.69 Å². The largest absolute Gasteiger partial charge is 0.382 e. The molecule has 0 radical (unpaired) electrons. The second kappa shape index (κ2) is 6.13. The second-order valence-corrected chi connectivity index (χ2v) is 5.79. The van der Waals surface area contributed by atoms with Crippen LogP contribution < -0.4 is 5.73 Å². The molecule has 3 rings (SSSR count). The standard InChI is InChI=1S/C15H20N6O/c1-20-8-6-13(19-20)15(22)21-7-2-3-11(10-21)9-12-4-5-14(16)18-17-12/h4-6,8,11H,2-3,7,9-10H2,1H3,(H2,16,18)/t11-/m0/s1. The van der Waals surface area contributed by atoms with E-state index in [4.69, 9.17) is 5.73 Å². The van der Waals surface area contributed by atoms with E-state index < -0.39 is 0 Å². The van der Waals surface area contributed by atoms with Crippen molar-refractivity contribution in [2.75, 3.05) is 18.8 Å². The molecule has 1 atom stereocenters. The highest BCUT2D eigenvalue weighted by atomic mass is 16.2. The van der Waals surface area contributed by atoms with Crippen molar-refractivity contribution < 1.29 is 4.79 Å². The fourth-order valence-electron chi connectivity index (χ4n) is 2.88. The predicted octanol–water partition coefficient (Wildman–Crippen LogP) is 0.887. The third-order valence-corrected chi connectivity index (χ3v) is 3.98. The number of rotatable bonds is 3. The maximum atomic E-state index is 12.5. The summed E-state index contributed by atoms with van der Waals surface area (Å²) in [5.41, 5.74) is 6.98. The lowest BCUT2D eigenvalue weighted by atomic mass is 9.93. The highest BCUT2D eigenvalue weighted by molar-refractivity contribution is 5.92. The highest BCUT2D eigenvalue weighted by Crippen LogP contribution is 2.21. The Morgan fingerprint density at radius 2 is 2.23 bits per heavy atom. The van der Waals surface area contributed by atoms with E-state index >= 15 is 0 Å². The summed E-state index contributed by atoms with van der Waals surface area (Å²) in [5, 5.41) is 12.2. The van der Waals surface area contributed by atoms with Crippen LogP contribution in [-0.2, 0) is 13.5 Å². The molecule has 7 nitrogen and oxygen atoms in total. The fraction of sp³-hybridized carbons (Fsp3) is 0.467. The first-order valence-electron chi connectivity index (χ1n) is 7.49. The number of amides is 1. The fourth-order valence-corrected chi connectivity index (χ4v) is 2.88. The SMILES string of the molecule is Cn1ccc(C(=O)N2CCC[C@@H](Cc3ccc(N)nn3)C2)n1. The molecule has 1 aliphatic heterocycles. The minimum absolute atomic E-state index is 0.00805. The van der Waals surface area contributed by atoms with Crippen molar-refractivity contribution >= 4 is 11.7 Å². The Labute approximate surface area is 129 Å². The predicted molar refractivity (Wildman–Crippen MR) is 82.0 cm³/mol. The normalized spacial score (nSPS) is 18.4. The van der Waals surface area contributed by atoms with Crippen molar-refractivity contribution in [2.45, 2.75) is 19.3 Å². The minimum atomic E-state index is 0.00805. The number of hydrogen-bond acceptors (Lipinski definition) is 5. The Bertz CT molecular complexity index is 650. The number of nitrogen functional groups attached to an aromatic ring is 1. The number of piperidine rings is 1. The van der Waals surface area contributed by atoms with Crippen LogP contribution in [0.15, 0.2) is 24.4 Å². The zero-order valence-corrected chi connectivity index (χ0v) is 12.6. The van der Waals surface area contributed by atoms with Gasteiger partial charge in [0.25, 0.3) is 5.91 Å². The van der Waals surface area contributed by atoms with Gasteiger partial charge in [0.1, 0.15) is 11.5 Å². The third-order valence-electron chi connectivity index (χ3n) is 3.98. The number of aryl methyl sites for hydroxylation is 1. The molecule has 0 bridgehead atoms. The van der Waals surface area contributed by atoms with Gasteiger partial charge >= 0.3 is 0 Å². The Morgan fingerprint density at radius 1 is 1.36 bits per heavy atom. The van der Waals surface area contributed by atoms with Crippen LogP contribution >= 0.6 is 0 Å². The molecule has 2 aromatic heterocycles. The summed E-state index contributed by atoms with van der Waals surface area (Å²) in [6.07, 6.45) is 4.71. The topological polar surface area (TPSA) is 89.9 Å². The lowest BCUT2D eigenvalue weighted by molar-refractivity contribution is 0.0666. The van der Waals surface area contributed by atoms with Gasteiger partial charge in [-0.3, -0.25) is 9.48 Å². The molecular weight excluding hydrogens is 280 g/mol. The van der Waals surface area contributed by atoms with Crippen molar-refractivity contribution in [1.82, 2.24) is 24.9 Å². The molecule has 1 amide bonds. The summed E-state index contributed by atoms with van der Waals surface area (Å²) < 4.78 is 1.65. The molecule has 1 aliphatic rings. The van der Waals surface area contributed by atoms with Crippen LogP contribution in [0, 0.1) is 5.92 Å². The Hall–Kier alpha value is -2.44. The lowest BCUT2D eigenvalue weighted by Gasteiger charge is -2.32. The van der Waals surface area contributed by atoms with E-state index in [0.717, 1.165) is 38.0 Å². The highest BCUT2D eigenvalue weighted by Gasteiger charge is 2.26. The number of carbonyl (C=O) groups excluding carboxylic acids is 1. The van der Waals surface area contributed by atoms with Crippen LogP contribution in [-0.4, -0.2) is 43.9 Å². The summed E-state index contributed by atoms with van der Waals surface area (Å²) in [6, 6.07) is 5.43. The van der Waals surface area contributed by atoms with E-state index in [-0.39, 0.29) is 5.91 Å². The molecule has 1 fully saturated rings. The number of nitrogens with zero attached hydrogens (tertiary/aromatic N) is 5. The van der Waals surface area contributed by atoms with Gasteiger partial charge in [-0.1, -0.05) is 0 Å². The van der Waals surface area contributed by atoms with Gasteiger partial charge in [-0.05, 0) is 43.4 Å². The third kappa shape index (κ3) is 3.24. The van der Waals surface area contributed by atoms with Gasteiger partial charge in [0.15, 0.2) is 0 Å². The van der Waals surface area contributed by atoms with Crippen LogP contribution in [0.3, 0.4) is 0 Å². The van der Waals surface area contributed by atoms with E-state index in [9.17, 15) is 4.79 Å². The van der Waals surface area contributed by atoms with Crippen LogP contribution in [0.2, 0.25) is 0 Å². The molecular formula is C15H20N6O. The van der Waals surface area contributed by atoms with E-state index in [1.54, 1.807) is 23.0 Å². The molecule has 0 unspecified atom stereocenters. The maximum absolute atomic E-state index is 12.5.